The highest BCUT2D eigenvalue weighted by Gasteiger charge is 2.25. The molecule has 0 atom stereocenters. The number of aromatic nitrogens is 1. The molecule has 0 aliphatic carbocycles. The maximum atomic E-state index is 13.0. The van der Waals surface area contributed by atoms with E-state index in [4.69, 9.17) is 0 Å². The number of hydrogen-bond donors (Lipinski definition) is 1. The summed E-state index contributed by atoms with van der Waals surface area (Å²) in [6.07, 6.45) is 1.97. The lowest BCUT2D eigenvalue weighted by molar-refractivity contribution is 0.0735. The highest BCUT2D eigenvalue weighted by atomic mass is 79.9. The summed E-state index contributed by atoms with van der Waals surface area (Å²) in [6, 6.07) is 13.0. The number of sulfone groups is 1. The first-order valence-corrected chi connectivity index (χ1v) is 11.5. The number of nitrogens with zero attached hydrogens (tertiary/aromatic N) is 1. The number of carbonyl (C=O) groups excluding carboxylic acids is 1. The van der Waals surface area contributed by atoms with Gasteiger partial charge in [0.2, 0.25) is 0 Å². The van der Waals surface area contributed by atoms with Gasteiger partial charge in [0.05, 0.1) is 5.75 Å². The molecule has 1 N–H and O–H groups in total. The number of nitrogens with one attached hydrogen (secondary N) is 1. The number of rotatable bonds is 3. The number of aromatic amines is 1. The van der Waals surface area contributed by atoms with Gasteiger partial charge >= 0.3 is 0 Å². The molecule has 0 radical (unpaired) electrons. The van der Waals surface area contributed by atoms with Crippen LogP contribution < -0.4 is 0 Å². The monoisotopic (exact) mass is 446 g/mol. The summed E-state index contributed by atoms with van der Waals surface area (Å²) in [6.45, 7) is 1.18. The Morgan fingerprint density at radius 3 is 2.81 bits per heavy atom. The van der Waals surface area contributed by atoms with Crippen LogP contribution >= 0.6 is 15.9 Å². The van der Waals surface area contributed by atoms with E-state index < -0.39 is 9.84 Å². The van der Waals surface area contributed by atoms with Gasteiger partial charge < -0.3 is 9.88 Å². The van der Waals surface area contributed by atoms with E-state index in [0.717, 1.165) is 27.4 Å². The molecule has 0 saturated heterocycles. The fourth-order valence-corrected chi connectivity index (χ4v) is 4.79. The Morgan fingerprint density at radius 2 is 2.04 bits per heavy atom. The summed E-state index contributed by atoms with van der Waals surface area (Å²) in [4.78, 5) is 18.3. The maximum Gasteiger partial charge on any atom is 0.254 e. The predicted octanol–water partition coefficient (Wildman–Crippen LogP) is 3.67. The van der Waals surface area contributed by atoms with E-state index in [-0.39, 0.29) is 11.7 Å². The van der Waals surface area contributed by atoms with Crippen LogP contribution in [0.15, 0.2) is 46.9 Å². The van der Waals surface area contributed by atoms with Crippen LogP contribution in [0.25, 0.3) is 10.9 Å². The van der Waals surface area contributed by atoms with E-state index in [1.807, 2.05) is 17.0 Å². The lowest BCUT2D eigenvalue weighted by Gasteiger charge is -2.27. The smallest absolute Gasteiger partial charge is 0.254 e. The Hall–Kier alpha value is -2.12. The second kappa shape index (κ2) is 6.80. The first-order chi connectivity index (χ1) is 12.8. The van der Waals surface area contributed by atoms with Crippen LogP contribution in [0.2, 0.25) is 0 Å². The van der Waals surface area contributed by atoms with Crippen molar-refractivity contribution in [3.05, 3.63) is 69.3 Å². The summed E-state index contributed by atoms with van der Waals surface area (Å²) < 4.78 is 24.1. The average molecular weight is 447 g/mol. The van der Waals surface area contributed by atoms with Crippen LogP contribution in [0, 0.1) is 0 Å². The van der Waals surface area contributed by atoms with Gasteiger partial charge in [-0.25, -0.2) is 8.42 Å². The summed E-state index contributed by atoms with van der Waals surface area (Å²) in [5.74, 6) is -0.130. The lowest BCUT2D eigenvalue weighted by atomic mass is 10.0. The van der Waals surface area contributed by atoms with Gasteiger partial charge in [0.25, 0.3) is 5.91 Å². The van der Waals surface area contributed by atoms with Gasteiger partial charge in [0, 0.05) is 58.0 Å². The zero-order valence-electron chi connectivity index (χ0n) is 14.8. The molecule has 0 fully saturated rings. The van der Waals surface area contributed by atoms with Crippen LogP contribution in [-0.2, 0) is 28.6 Å². The highest BCUT2D eigenvalue weighted by molar-refractivity contribution is 9.10. The van der Waals surface area contributed by atoms with Gasteiger partial charge in [-0.2, -0.15) is 0 Å². The number of carbonyl (C=O) groups is 1. The molecule has 2 heterocycles. The lowest BCUT2D eigenvalue weighted by Crippen LogP contribution is -2.35. The molecule has 27 heavy (non-hydrogen) atoms. The SMILES string of the molecule is CS(=O)(=O)Cc1cccc(C(=O)N2CCc3[nH]c4ccc(Br)cc4c3C2)c1. The van der Waals surface area contributed by atoms with Crippen molar-refractivity contribution in [3.63, 3.8) is 0 Å². The molecule has 1 amide bonds. The van der Waals surface area contributed by atoms with Gasteiger partial charge in [0.1, 0.15) is 0 Å². The van der Waals surface area contributed by atoms with E-state index >= 15 is 0 Å². The molecule has 0 bridgehead atoms. The van der Waals surface area contributed by atoms with Crippen LogP contribution in [0.1, 0.15) is 27.2 Å². The Bertz CT molecular complexity index is 1150. The van der Waals surface area contributed by atoms with Crippen molar-refractivity contribution in [1.82, 2.24) is 9.88 Å². The predicted molar refractivity (Wildman–Crippen MR) is 109 cm³/mol. The Labute approximate surface area is 166 Å². The molecule has 5 nitrogen and oxygen atoms in total. The molecule has 0 unspecified atom stereocenters. The normalized spacial score (nSPS) is 14.4. The molecular weight excluding hydrogens is 428 g/mol. The minimum atomic E-state index is -3.14. The molecule has 140 valence electrons. The number of amides is 1. The molecular formula is C20H19BrN2O3S. The van der Waals surface area contributed by atoms with Crippen LogP contribution in [0.3, 0.4) is 0 Å². The third-order valence-corrected chi connectivity index (χ3v) is 6.18. The minimum Gasteiger partial charge on any atom is -0.358 e. The molecule has 1 aliphatic heterocycles. The molecule has 7 heteroatoms. The molecule has 0 saturated carbocycles. The van der Waals surface area contributed by atoms with Gasteiger partial charge in [-0.05, 0) is 35.9 Å². The maximum absolute atomic E-state index is 13.0. The van der Waals surface area contributed by atoms with Gasteiger partial charge in [-0.1, -0.05) is 28.1 Å². The molecule has 0 spiro atoms. The second-order valence-electron chi connectivity index (χ2n) is 7.02. The van der Waals surface area contributed by atoms with Crippen LogP contribution in [-0.4, -0.2) is 37.0 Å². The zero-order chi connectivity index (χ0) is 19.2. The summed E-state index contributed by atoms with van der Waals surface area (Å²) in [5, 5.41) is 1.13. The van der Waals surface area contributed by atoms with Crippen LogP contribution in [0.5, 0.6) is 0 Å². The number of benzene rings is 2. The minimum absolute atomic E-state index is 0.0608. The van der Waals surface area contributed by atoms with Crippen molar-refractivity contribution in [1.29, 1.82) is 0 Å². The van der Waals surface area contributed by atoms with Crippen molar-refractivity contribution < 1.29 is 13.2 Å². The van der Waals surface area contributed by atoms with Gasteiger partial charge in [-0.3, -0.25) is 4.79 Å². The summed E-state index contributed by atoms with van der Waals surface area (Å²) >= 11 is 3.51. The van der Waals surface area contributed by atoms with Gasteiger partial charge in [-0.15, -0.1) is 0 Å². The third kappa shape index (κ3) is 3.80. The van der Waals surface area contributed by atoms with Crippen molar-refractivity contribution in [2.75, 3.05) is 12.8 Å². The van der Waals surface area contributed by atoms with E-state index in [9.17, 15) is 13.2 Å². The topological polar surface area (TPSA) is 70.2 Å². The number of halogens is 1. The fraction of sp³-hybridized carbons (Fsp3) is 0.250. The second-order valence-corrected chi connectivity index (χ2v) is 10.1. The van der Waals surface area contributed by atoms with Crippen molar-refractivity contribution in [2.45, 2.75) is 18.7 Å². The largest absolute Gasteiger partial charge is 0.358 e. The number of fused-ring (bicyclic) bond motifs is 3. The molecule has 3 aromatic rings. The van der Waals surface area contributed by atoms with Crippen LogP contribution in [0.4, 0.5) is 0 Å². The van der Waals surface area contributed by atoms with Gasteiger partial charge in [0.15, 0.2) is 9.84 Å². The molecule has 1 aliphatic rings. The van der Waals surface area contributed by atoms with E-state index in [1.165, 1.54) is 11.9 Å². The molecule has 1 aromatic heterocycles. The number of hydrogen-bond acceptors (Lipinski definition) is 3. The van der Waals surface area contributed by atoms with E-state index in [1.54, 1.807) is 24.3 Å². The standard InChI is InChI=1S/C20H19BrN2O3S/c1-27(25,26)12-13-3-2-4-14(9-13)20(24)23-8-7-19-17(11-23)16-10-15(21)5-6-18(16)22-19/h2-6,9-10,22H,7-8,11-12H2,1H3. The first-order valence-electron chi connectivity index (χ1n) is 8.65. The molecule has 2 aromatic carbocycles. The van der Waals surface area contributed by atoms with E-state index in [0.29, 0.717) is 24.2 Å². The third-order valence-electron chi connectivity index (χ3n) is 4.83. The van der Waals surface area contributed by atoms with Crippen molar-refractivity contribution in [2.24, 2.45) is 0 Å². The average Bonchev–Trinajstić information content (AvgIpc) is 2.97. The first kappa shape index (κ1) is 18.3. The Morgan fingerprint density at radius 1 is 1.22 bits per heavy atom. The van der Waals surface area contributed by atoms with Crippen molar-refractivity contribution >= 4 is 42.6 Å². The Balaban J connectivity index is 1.62. The number of H-pyrrole nitrogens is 1. The van der Waals surface area contributed by atoms with E-state index in [2.05, 4.69) is 27.0 Å². The summed E-state index contributed by atoms with van der Waals surface area (Å²) in [7, 11) is -3.14. The highest BCUT2D eigenvalue weighted by Crippen LogP contribution is 2.30. The summed E-state index contributed by atoms with van der Waals surface area (Å²) in [5.41, 5.74) is 4.57. The molecule has 4 rings (SSSR count). The zero-order valence-corrected chi connectivity index (χ0v) is 17.2. The fourth-order valence-electron chi connectivity index (χ4n) is 3.64. The Kier molecular flexibility index (Phi) is 4.60. The quantitative estimate of drug-likeness (QED) is 0.666. The van der Waals surface area contributed by atoms with Crippen molar-refractivity contribution in [3.8, 4) is 0 Å².